The molecule has 148 valence electrons. The van der Waals surface area contributed by atoms with Gasteiger partial charge in [0.2, 0.25) is 5.91 Å². The number of carbonyl (C=O) groups is 1. The van der Waals surface area contributed by atoms with Gasteiger partial charge in [0.05, 0.1) is 17.8 Å². The summed E-state index contributed by atoms with van der Waals surface area (Å²) >= 11 is 0. The van der Waals surface area contributed by atoms with Gasteiger partial charge >= 0.3 is 0 Å². The molecular formula is C26H23N3O. The third-order valence-electron chi connectivity index (χ3n) is 4.88. The smallest absolute Gasteiger partial charge is 0.236 e. The number of hydrogen-bond acceptors (Lipinski definition) is 3. The van der Waals surface area contributed by atoms with Crippen molar-refractivity contribution < 1.29 is 4.79 Å². The molecule has 0 bridgehead atoms. The Morgan fingerprint density at radius 3 is 1.83 bits per heavy atom. The summed E-state index contributed by atoms with van der Waals surface area (Å²) in [7, 11) is 0. The van der Waals surface area contributed by atoms with Gasteiger partial charge in [-0.3, -0.25) is 4.79 Å². The van der Waals surface area contributed by atoms with Crippen LogP contribution < -0.4 is 10.6 Å². The summed E-state index contributed by atoms with van der Waals surface area (Å²) in [6.45, 7) is 2.05. The molecule has 4 rings (SSSR count). The van der Waals surface area contributed by atoms with Gasteiger partial charge in [0.1, 0.15) is 5.82 Å². The Bertz CT molecular complexity index is 1050. The number of pyridine rings is 1. The highest BCUT2D eigenvalue weighted by atomic mass is 16.1. The molecule has 0 saturated heterocycles. The topological polar surface area (TPSA) is 54.0 Å². The molecule has 3 aromatic carbocycles. The summed E-state index contributed by atoms with van der Waals surface area (Å²) in [6.07, 6.45) is 1.67. The van der Waals surface area contributed by atoms with Crippen LogP contribution in [0.3, 0.4) is 0 Å². The number of anilines is 3. The van der Waals surface area contributed by atoms with E-state index in [9.17, 15) is 4.79 Å². The number of rotatable bonds is 6. The highest BCUT2D eigenvalue weighted by Gasteiger charge is 2.22. The first-order valence-corrected chi connectivity index (χ1v) is 9.89. The van der Waals surface area contributed by atoms with E-state index in [0.717, 1.165) is 22.6 Å². The van der Waals surface area contributed by atoms with Crippen LogP contribution in [0.4, 0.5) is 17.2 Å². The molecule has 0 fully saturated rings. The molecule has 0 atom stereocenters. The van der Waals surface area contributed by atoms with E-state index in [1.807, 2.05) is 97.1 Å². The number of amides is 1. The van der Waals surface area contributed by atoms with Crippen molar-refractivity contribution in [1.82, 2.24) is 4.98 Å². The third-order valence-corrected chi connectivity index (χ3v) is 4.88. The first-order chi connectivity index (χ1) is 14.7. The van der Waals surface area contributed by atoms with E-state index in [4.69, 9.17) is 0 Å². The van der Waals surface area contributed by atoms with Crippen LogP contribution in [0.15, 0.2) is 103 Å². The lowest BCUT2D eigenvalue weighted by Gasteiger charge is -2.18. The van der Waals surface area contributed by atoms with Crippen LogP contribution in [0.1, 0.15) is 22.6 Å². The molecule has 1 heterocycles. The van der Waals surface area contributed by atoms with E-state index in [2.05, 4.69) is 22.5 Å². The molecule has 1 aromatic heterocycles. The molecule has 4 aromatic rings. The van der Waals surface area contributed by atoms with Gasteiger partial charge in [-0.1, -0.05) is 78.4 Å². The van der Waals surface area contributed by atoms with Crippen LogP contribution in [0.25, 0.3) is 0 Å². The van der Waals surface area contributed by atoms with Crippen molar-refractivity contribution in [1.29, 1.82) is 0 Å². The van der Waals surface area contributed by atoms with Crippen LogP contribution in [0, 0.1) is 6.92 Å². The molecule has 0 aliphatic rings. The number of carbonyl (C=O) groups excluding carboxylic acids is 1. The minimum absolute atomic E-state index is 0.0894. The standard InChI is InChI=1S/C26H23N3O/c1-19-12-14-22(15-13-19)28-24-17-16-23(18-27-24)29-26(30)25(20-8-4-2-5-9-20)21-10-6-3-7-11-21/h2-18,25H,1H3,(H,27,28)(H,29,30). The number of aryl methyl sites for hydroxylation is 1. The quantitative estimate of drug-likeness (QED) is 0.428. The second kappa shape index (κ2) is 9.05. The predicted molar refractivity (Wildman–Crippen MR) is 122 cm³/mol. The van der Waals surface area contributed by atoms with Crippen LogP contribution >= 0.6 is 0 Å². The van der Waals surface area contributed by atoms with Crippen LogP contribution in [-0.4, -0.2) is 10.9 Å². The fraction of sp³-hybridized carbons (Fsp3) is 0.0769. The Balaban J connectivity index is 1.50. The lowest BCUT2D eigenvalue weighted by molar-refractivity contribution is -0.116. The molecule has 2 N–H and O–H groups in total. The highest BCUT2D eigenvalue weighted by molar-refractivity contribution is 5.98. The van der Waals surface area contributed by atoms with Crippen LogP contribution in [-0.2, 0) is 4.79 Å². The monoisotopic (exact) mass is 393 g/mol. The Hall–Kier alpha value is -3.92. The zero-order chi connectivity index (χ0) is 20.8. The normalized spacial score (nSPS) is 10.6. The van der Waals surface area contributed by atoms with Gasteiger partial charge in [-0.05, 0) is 42.3 Å². The van der Waals surface area contributed by atoms with Gasteiger partial charge in [0.25, 0.3) is 0 Å². The van der Waals surface area contributed by atoms with Crippen LogP contribution in [0.5, 0.6) is 0 Å². The predicted octanol–water partition coefficient (Wildman–Crippen LogP) is 5.90. The molecule has 0 aliphatic carbocycles. The molecule has 0 saturated carbocycles. The minimum atomic E-state index is -0.391. The summed E-state index contributed by atoms with van der Waals surface area (Å²) in [6, 6.07) is 31.4. The maximum absolute atomic E-state index is 13.2. The molecule has 0 aliphatic heterocycles. The van der Waals surface area contributed by atoms with E-state index >= 15 is 0 Å². The van der Waals surface area contributed by atoms with Crippen molar-refractivity contribution in [2.45, 2.75) is 12.8 Å². The molecule has 0 spiro atoms. The van der Waals surface area contributed by atoms with Crippen molar-refractivity contribution in [3.8, 4) is 0 Å². The van der Waals surface area contributed by atoms with Crippen molar-refractivity contribution in [2.75, 3.05) is 10.6 Å². The van der Waals surface area contributed by atoms with Crippen LogP contribution in [0.2, 0.25) is 0 Å². The zero-order valence-corrected chi connectivity index (χ0v) is 16.7. The summed E-state index contributed by atoms with van der Waals surface area (Å²) in [4.78, 5) is 17.6. The molecule has 1 amide bonds. The van der Waals surface area contributed by atoms with Gasteiger partial charge in [-0.2, -0.15) is 0 Å². The van der Waals surface area contributed by atoms with E-state index in [-0.39, 0.29) is 5.91 Å². The second-order valence-corrected chi connectivity index (χ2v) is 7.17. The van der Waals surface area contributed by atoms with Gasteiger partial charge in [-0.15, -0.1) is 0 Å². The van der Waals surface area contributed by atoms with Gasteiger partial charge in [0, 0.05) is 5.69 Å². The maximum Gasteiger partial charge on any atom is 0.236 e. The van der Waals surface area contributed by atoms with Gasteiger partial charge < -0.3 is 10.6 Å². The molecule has 0 unspecified atom stereocenters. The molecule has 30 heavy (non-hydrogen) atoms. The Kier molecular flexibility index (Phi) is 5.85. The lowest BCUT2D eigenvalue weighted by Crippen LogP contribution is -2.22. The van der Waals surface area contributed by atoms with E-state index in [0.29, 0.717) is 5.69 Å². The van der Waals surface area contributed by atoms with Gasteiger partial charge in [0.15, 0.2) is 0 Å². The summed E-state index contributed by atoms with van der Waals surface area (Å²) in [5.41, 5.74) is 4.74. The fourth-order valence-electron chi connectivity index (χ4n) is 3.33. The maximum atomic E-state index is 13.2. The van der Waals surface area contributed by atoms with E-state index in [1.54, 1.807) is 6.20 Å². The molecular weight excluding hydrogens is 370 g/mol. The summed E-state index contributed by atoms with van der Waals surface area (Å²) < 4.78 is 0. The minimum Gasteiger partial charge on any atom is -0.340 e. The Morgan fingerprint density at radius 2 is 1.30 bits per heavy atom. The summed E-state index contributed by atoms with van der Waals surface area (Å²) in [5.74, 6) is 0.241. The lowest BCUT2D eigenvalue weighted by atomic mass is 9.90. The van der Waals surface area contributed by atoms with E-state index in [1.165, 1.54) is 5.56 Å². The highest BCUT2D eigenvalue weighted by Crippen LogP contribution is 2.26. The van der Waals surface area contributed by atoms with Crippen molar-refractivity contribution >= 4 is 23.1 Å². The average Bonchev–Trinajstić information content (AvgIpc) is 2.78. The van der Waals surface area contributed by atoms with E-state index < -0.39 is 5.92 Å². The van der Waals surface area contributed by atoms with Gasteiger partial charge in [-0.25, -0.2) is 4.98 Å². The number of nitrogens with one attached hydrogen (secondary N) is 2. The first kappa shape index (κ1) is 19.4. The number of benzene rings is 3. The third kappa shape index (κ3) is 4.73. The number of nitrogens with zero attached hydrogens (tertiary/aromatic N) is 1. The zero-order valence-electron chi connectivity index (χ0n) is 16.7. The molecule has 0 radical (unpaired) electrons. The Labute approximate surface area is 176 Å². The molecule has 4 nitrogen and oxygen atoms in total. The molecule has 4 heteroatoms. The average molecular weight is 393 g/mol. The first-order valence-electron chi connectivity index (χ1n) is 9.89. The largest absolute Gasteiger partial charge is 0.340 e. The fourth-order valence-corrected chi connectivity index (χ4v) is 3.33. The second-order valence-electron chi connectivity index (χ2n) is 7.17. The number of hydrogen-bond donors (Lipinski definition) is 2. The number of aromatic nitrogens is 1. The SMILES string of the molecule is Cc1ccc(Nc2ccc(NC(=O)C(c3ccccc3)c3ccccc3)cn2)cc1. The Morgan fingerprint density at radius 1 is 0.733 bits per heavy atom. The van der Waals surface area contributed by atoms with Crippen molar-refractivity contribution in [2.24, 2.45) is 0 Å². The summed E-state index contributed by atoms with van der Waals surface area (Å²) in [5, 5.41) is 6.27. The van der Waals surface area contributed by atoms with Crippen molar-refractivity contribution in [3.63, 3.8) is 0 Å². The van der Waals surface area contributed by atoms with Crippen molar-refractivity contribution in [3.05, 3.63) is 120 Å².